The summed E-state index contributed by atoms with van der Waals surface area (Å²) < 4.78 is 2.16. The number of pyridine rings is 1. The Balaban J connectivity index is 2.35. The highest BCUT2D eigenvalue weighted by Gasteiger charge is 2.00. The third-order valence-electron chi connectivity index (χ3n) is 1.99. The van der Waals surface area contributed by atoms with Crippen molar-refractivity contribution in [2.75, 3.05) is 5.75 Å². The zero-order chi connectivity index (χ0) is 9.10. The quantitative estimate of drug-likeness (QED) is 0.672. The minimum atomic E-state index is 1.20. The molecule has 0 bridgehead atoms. The third kappa shape index (κ3) is 1.73. The summed E-state index contributed by atoms with van der Waals surface area (Å²) in [5.74, 6) is 1.20. The maximum absolute atomic E-state index is 2.21. The molecule has 0 fully saturated rings. The fourth-order valence-electron chi connectivity index (χ4n) is 1.36. The van der Waals surface area contributed by atoms with E-state index in [0.717, 1.165) is 0 Å². The fraction of sp³-hybridized carbons (Fsp3) is 0.273. The highest BCUT2D eigenvalue weighted by molar-refractivity contribution is 7.99. The molecule has 0 saturated heterocycles. The monoisotopic (exact) mass is 191 g/mol. The highest BCUT2D eigenvalue weighted by Crippen LogP contribution is 2.24. The number of rotatable bonds is 3. The van der Waals surface area contributed by atoms with E-state index in [4.69, 9.17) is 0 Å². The largest absolute Gasteiger partial charge is 0.323 e. The van der Waals surface area contributed by atoms with Gasteiger partial charge in [0, 0.05) is 17.3 Å². The first-order valence-corrected chi connectivity index (χ1v) is 5.59. The second-order valence-electron chi connectivity index (χ2n) is 3.02. The molecule has 2 aromatic rings. The Morgan fingerprint density at radius 1 is 1.23 bits per heavy atom. The molecule has 2 heteroatoms. The third-order valence-corrected chi connectivity index (χ3v) is 3.26. The van der Waals surface area contributed by atoms with E-state index in [2.05, 4.69) is 48.0 Å². The van der Waals surface area contributed by atoms with E-state index >= 15 is 0 Å². The van der Waals surface area contributed by atoms with Crippen molar-refractivity contribution in [3.63, 3.8) is 0 Å². The standard InChI is InChI=1S/C11H13NS/c1-2-9-13-11-6-8-12-7-4-3-5-10(11)12/h3-8H,2,9H2,1H3. The number of hydrogen-bond donors (Lipinski definition) is 0. The number of thioether (sulfide) groups is 1. The normalized spacial score (nSPS) is 10.8. The Morgan fingerprint density at radius 3 is 3.00 bits per heavy atom. The Labute approximate surface area is 82.8 Å². The van der Waals surface area contributed by atoms with Crippen molar-refractivity contribution >= 4 is 17.3 Å². The Hall–Kier alpha value is -0.890. The summed E-state index contributed by atoms with van der Waals surface area (Å²) in [5, 5.41) is 0. The number of hydrogen-bond acceptors (Lipinski definition) is 1. The van der Waals surface area contributed by atoms with Crippen LogP contribution in [0.3, 0.4) is 0 Å². The van der Waals surface area contributed by atoms with Crippen molar-refractivity contribution in [3.8, 4) is 0 Å². The van der Waals surface area contributed by atoms with E-state index in [1.165, 1.54) is 22.6 Å². The van der Waals surface area contributed by atoms with E-state index in [-0.39, 0.29) is 0 Å². The molecule has 68 valence electrons. The molecule has 2 aromatic heterocycles. The second kappa shape index (κ2) is 3.88. The molecule has 0 unspecified atom stereocenters. The lowest BCUT2D eigenvalue weighted by atomic mass is 10.4. The molecule has 1 nitrogen and oxygen atoms in total. The van der Waals surface area contributed by atoms with Gasteiger partial charge in [-0.2, -0.15) is 0 Å². The van der Waals surface area contributed by atoms with Crippen LogP contribution in [0.15, 0.2) is 41.6 Å². The first kappa shape index (κ1) is 8.70. The molecule has 0 aliphatic heterocycles. The van der Waals surface area contributed by atoms with Gasteiger partial charge < -0.3 is 4.40 Å². The van der Waals surface area contributed by atoms with Crippen molar-refractivity contribution in [2.45, 2.75) is 18.2 Å². The van der Waals surface area contributed by atoms with Crippen molar-refractivity contribution in [1.29, 1.82) is 0 Å². The minimum Gasteiger partial charge on any atom is -0.323 e. The molecule has 0 aliphatic carbocycles. The van der Waals surface area contributed by atoms with E-state index < -0.39 is 0 Å². The van der Waals surface area contributed by atoms with Crippen molar-refractivity contribution in [1.82, 2.24) is 4.40 Å². The smallest absolute Gasteiger partial charge is 0.0585 e. The Kier molecular flexibility index (Phi) is 2.60. The van der Waals surface area contributed by atoms with Crippen LogP contribution in [0.4, 0.5) is 0 Å². The first-order chi connectivity index (χ1) is 6.42. The zero-order valence-corrected chi connectivity index (χ0v) is 8.55. The Morgan fingerprint density at radius 2 is 2.15 bits per heavy atom. The molecule has 0 aliphatic rings. The summed E-state index contributed by atoms with van der Waals surface area (Å²) in [6.45, 7) is 2.21. The fourth-order valence-corrected chi connectivity index (χ4v) is 2.26. The zero-order valence-electron chi connectivity index (χ0n) is 7.73. The van der Waals surface area contributed by atoms with Crippen LogP contribution in [-0.2, 0) is 0 Å². The first-order valence-electron chi connectivity index (χ1n) is 4.60. The van der Waals surface area contributed by atoms with Gasteiger partial charge in [-0.15, -0.1) is 11.8 Å². The molecule has 2 heterocycles. The maximum atomic E-state index is 2.21. The Bertz CT molecular complexity index is 392. The van der Waals surface area contributed by atoms with E-state index in [9.17, 15) is 0 Å². The van der Waals surface area contributed by atoms with E-state index in [0.29, 0.717) is 0 Å². The predicted molar refractivity (Wildman–Crippen MR) is 58.4 cm³/mol. The molecule has 0 saturated carbocycles. The molecule has 0 N–H and O–H groups in total. The van der Waals surface area contributed by atoms with Gasteiger partial charge in [0.15, 0.2) is 0 Å². The molecule has 0 amide bonds. The minimum absolute atomic E-state index is 1.20. The SMILES string of the molecule is CCCSc1ccn2ccccc12. The van der Waals surface area contributed by atoms with Crippen LogP contribution in [0.5, 0.6) is 0 Å². The highest BCUT2D eigenvalue weighted by atomic mass is 32.2. The summed E-state index contributed by atoms with van der Waals surface area (Å²) in [6, 6.07) is 8.50. The molecular formula is C11H13NS. The second-order valence-corrected chi connectivity index (χ2v) is 4.16. The predicted octanol–water partition coefficient (Wildman–Crippen LogP) is 3.44. The van der Waals surface area contributed by atoms with Gasteiger partial charge >= 0.3 is 0 Å². The molecule has 2 rings (SSSR count). The van der Waals surface area contributed by atoms with Crippen molar-refractivity contribution in [3.05, 3.63) is 36.7 Å². The van der Waals surface area contributed by atoms with Gasteiger partial charge in [-0.1, -0.05) is 13.0 Å². The van der Waals surface area contributed by atoms with Gasteiger partial charge in [0.1, 0.15) is 0 Å². The van der Waals surface area contributed by atoms with Crippen molar-refractivity contribution in [2.24, 2.45) is 0 Å². The maximum Gasteiger partial charge on any atom is 0.0585 e. The average Bonchev–Trinajstić information content (AvgIpc) is 2.58. The summed E-state index contributed by atoms with van der Waals surface area (Å²) >= 11 is 1.94. The van der Waals surface area contributed by atoms with Crippen LogP contribution in [0.1, 0.15) is 13.3 Å². The molecule has 0 radical (unpaired) electrons. The van der Waals surface area contributed by atoms with Crippen LogP contribution >= 0.6 is 11.8 Å². The molecular weight excluding hydrogens is 178 g/mol. The van der Waals surface area contributed by atoms with E-state index in [1.807, 2.05) is 11.8 Å². The molecule has 0 aromatic carbocycles. The number of nitrogens with zero attached hydrogens (tertiary/aromatic N) is 1. The lowest BCUT2D eigenvalue weighted by Gasteiger charge is -1.97. The molecule has 13 heavy (non-hydrogen) atoms. The van der Waals surface area contributed by atoms with Gasteiger partial charge in [-0.25, -0.2) is 0 Å². The van der Waals surface area contributed by atoms with Gasteiger partial charge in [0.2, 0.25) is 0 Å². The topological polar surface area (TPSA) is 4.41 Å². The lowest BCUT2D eigenvalue weighted by molar-refractivity contribution is 1.11. The summed E-state index contributed by atoms with van der Waals surface area (Å²) in [6.07, 6.45) is 5.44. The van der Waals surface area contributed by atoms with Crippen LogP contribution in [0, 0.1) is 0 Å². The molecule has 0 spiro atoms. The summed E-state index contributed by atoms with van der Waals surface area (Å²) in [5.41, 5.74) is 1.32. The van der Waals surface area contributed by atoms with Crippen molar-refractivity contribution < 1.29 is 0 Å². The summed E-state index contributed by atoms with van der Waals surface area (Å²) in [4.78, 5) is 1.39. The van der Waals surface area contributed by atoms with Crippen LogP contribution in [-0.4, -0.2) is 10.2 Å². The summed E-state index contributed by atoms with van der Waals surface area (Å²) in [7, 11) is 0. The average molecular weight is 191 g/mol. The van der Waals surface area contributed by atoms with Crippen LogP contribution in [0.2, 0.25) is 0 Å². The van der Waals surface area contributed by atoms with Gasteiger partial charge in [0.05, 0.1) is 5.52 Å². The van der Waals surface area contributed by atoms with Crippen LogP contribution in [0.25, 0.3) is 5.52 Å². The van der Waals surface area contributed by atoms with Crippen LogP contribution < -0.4 is 0 Å². The van der Waals surface area contributed by atoms with Gasteiger partial charge in [-0.3, -0.25) is 0 Å². The van der Waals surface area contributed by atoms with E-state index in [1.54, 1.807) is 0 Å². The number of aromatic nitrogens is 1. The molecule has 0 atom stereocenters. The lowest BCUT2D eigenvalue weighted by Crippen LogP contribution is -1.79. The van der Waals surface area contributed by atoms with Gasteiger partial charge in [-0.05, 0) is 30.4 Å². The number of fused-ring (bicyclic) bond motifs is 1. The van der Waals surface area contributed by atoms with Gasteiger partial charge in [0.25, 0.3) is 0 Å².